The minimum atomic E-state index is -1.04. The zero-order chi connectivity index (χ0) is 11.1. The summed E-state index contributed by atoms with van der Waals surface area (Å²) < 4.78 is 4.77. The topological polar surface area (TPSA) is 63.6 Å². The number of esters is 1. The second-order valence-electron chi connectivity index (χ2n) is 2.69. The molecule has 80 valence electrons. The van der Waals surface area contributed by atoms with Gasteiger partial charge in [-0.15, -0.1) is 0 Å². The van der Waals surface area contributed by atoms with Crippen LogP contribution in [0.1, 0.15) is 33.6 Å². The van der Waals surface area contributed by atoms with E-state index >= 15 is 0 Å². The van der Waals surface area contributed by atoms with Gasteiger partial charge in [-0.25, -0.2) is 9.59 Å². The quantitative estimate of drug-likeness (QED) is 0.542. The second-order valence-corrected chi connectivity index (χ2v) is 2.69. The largest absolute Gasteiger partial charge is 0.478 e. The molecule has 0 heterocycles. The lowest BCUT2D eigenvalue weighted by molar-refractivity contribution is -0.140. The average Bonchev–Trinajstić information content (AvgIpc) is 2.13. The maximum atomic E-state index is 11.3. The summed E-state index contributed by atoms with van der Waals surface area (Å²) in [6, 6.07) is 0. The minimum Gasteiger partial charge on any atom is -0.478 e. The van der Waals surface area contributed by atoms with Gasteiger partial charge < -0.3 is 9.84 Å². The Morgan fingerprint density at radius 1 is 1.07 bits per heavy atom. The summed E-state index contributed by atoms with van der Waals surface area (Å²) in [5, 5.41) is 8.83. The SMILES string of the molecule is CCOC(=O)C(CC)=C(CC)C(=O)O. The number of ether oxygens (including phenoxy) is 1. The van der Waals surface area contributed by atoms with Crippen LogP contribution in [-0.2, 0) is 14.3 Å². The molecule has 0 radical (unpaired) electrons. The first-order valence-corrected chi connectivity index (χ1v) is 4.70. The lowest BCUT2D eigenvalue weighted by Gasteiger charge is -2.07. The van der Waals surface area contributed by atoms with E-state index in [1.54, 1.807) is 20.8 Å². The zero-order valence-electron chi connectivity index (χ0n) is 8.79. The van der Waals surface area contributed by atoms with Crippen LogP contribution >= 0.6 is 0 Å². The Kier molecular flexibility index (Phi) is 5.60. The predicted molar refractivity (Wildman–Crippen MR) is 51.9 cm³/mol. The summed E-state index contributed by atoms with van der Waals surface area (Å²) in [6.45, 7) is 5.40. The molecule has 0 aliphatic rings. The molecule has 0 unspecified atom stereocenters. The molecule has 0 fully saturated rings. The summed E-state index contributed by atoms with van der Waals surface area (Å²) in [4.78, 5) is 22.1. The number of carbonyl (C=O) groups is 2. The van der Waals surface area contributed by atoms with Crippen LogP contribution in [0.2, 0.25) is 0 Å². The van der Waals surface area contributed by atoms with Gasteiger partial charge in [0.2, 0.25) is 0 Å². The van der Waals surface area contributed by atoms with Crippen LogP contribution in [0, 0.1) is 0 Å². The van der Waals surface area contributed by atoms with E-state index in [2.05, 4.69) is 0 Å². The smallest absolute Gasteiger partial charge is 0.334 e. The summed E-state index contributed by atoms with van der Waals surface area (Å²) in [6.07, 6.45) is 0.714. The van der Waals surface area contributed by atoms with Crippen molar-refractivity contribution in [3.8, 4) is 0 Å². The van der Waals surface area contributed by atoms with Gasteiger partial charge in [0.15, 0.2) is 0 Å². The molecule has 0 aromatic heterocycles. The van der Waals surface area contributed by atoms with Crippen molar-refractivity contribution in [1.82, 2.24) is 0 Å². The number of carboxylic acid groups (broad SMARTS) is 1. The molecule has 0 saturated carbocycles. The first-order valence-electron chi connectivity index (χ1n) is 4.70. The van der Waals surface area contributed by atoms with Gasteiger partial charge in [0.25, 0.3) is 0 Å². The van der Waals surface area contributed by atoms with Crippen LogP contribution in [0.5, 0.6) is 0 Å². The third-order valence-corrected chi connectivity index (χ3v) is 1.85. The third-order valence-electron chi connectivity index (χ3n) is 1.85. The second kappa shape index (κ2) is 6.18. The van der Waals surface area contributed by atoms with Gasteiger partial charge in [-0.2, -0.15) is 0 Å². The van der Waals surface area contributed by atoms with E-state index in [1.165, 1.54) is 0 Å². The lowest BCUT2D eigenvalue weighted by atomic mass is 10.0. The molecule has 0 spiro atoms. The van der Waals surface area contributed by atoms with Crippen molar-refractivity contribution in [2.45, 2.75) is 33.6 Å². The fourth-order valence-corrected chi connectivity index (χ4v) is 1.19. The molecule has 4 heteroatoms. The lowest BCUT2D eigenvalue weighted by Crippen LogP contribution is -2.13. The van der Waals surface area contributed by atoms with Gasteiger partial charge in [-0.3, -0.25) is 0 Å². The molecule has 0 aliphatic carbocycles. The molecule has 1 N–H and O–H groups in total. The van der Waals surface area contributed by atoms with Gasteiger partial charge in [0.1, 0.15) is 0 Å². The third kappa shape index (κ3) is 3.20. The Bertz CT molecular complexity index is 253. The molecule has 0 amide bonds. The summed E-state index contributed by atoms with van der Waals surface area (Å²) >= 11 is 0. The van der Waals surface area contributed by atoms with Crippen molar-refractivity contribution >= 4 is 11.9 Å². The number of carbonyl (C=O) groups excluding carboxylic acids is 1. The molecule has 4 nitrogen and oxygen atoms in total. The predicted octanol–water partition coefficient (Wildman–Crippen LogP) is 1.75. The van der Waals surface area contributed by atoms with Crippen LogP contribution in [0.15, 0.2) is 11.1 Å². The highest BCUT2D eigenvalue weighted by Crippen LogP contribution is 2.14. The number of aliphatic carboxylic acids is 1. The normalized spacial score (nSPS) is 11.9. The molecule has 0 aromatic carbocycles. The Labute approximate surface area is 83.6 Å². The highest BCUT2D eigenvalue weighted by Gasteiger charge is 2.18. The number of hydrogen-bond acceptors (Lipinski definition) is 3. The summed E-state index contributed by atoms with van der Waals surface area (Å²) in [5.74, 6) is -1.56. The molecule has 0 rings (SSSR count). The van der Waals surface area contributed by atoms with E-state index in [4.69, 9.17) is 9.84 Å². The molecular formula is C10H16O4. The average molecular weight is 200 g/mol. The van der Waals surface area contributed by atoms with Gasteiger partial charge in [0, 0.05) is 11.1 Å². The van der Waals surface area contributed by atoms with E-state index in [9.17, 15) is 9.59 Å². The van der Waals surface area contributed by atoms with Crippen molar-refractivity contribution in [3.63, 3.8) is 0 Å². The van der Waals surface area contributed by atoms with Crippen LogP contribution in [0.25, 0.3) is 0 Å². The van der Waals surface area contributed by atoms with Crippen molar-refractivity contribution in [2.24, 2.45) is 0 Å². The number of rotatable bonds is 5. The van der Waals surface area contributed by atoms with E-state index in [1.807, 2.05) is 0 Å². The molecule has 0 aromatic rings. The van der Waals surface area contributed by atoms with Crippen molar-refractivity contribution in [1.29, 1.82) is 0 Å². The van der Waals surface area contributed by atoms with Crippen LogP contribution in [0.4, 0.5) is 0 Å². The number of carboxylic acids is 1. The maximum Gasteiger partial charge on any atom is 0.334 e. The van der Waals surface area contributed by atoms with E-state index in [-0.39, 0.29) is 17.8 Å². The standard InChI is InChI=1S/C10H16O4/c1-4-7(9(11)12)8(5-2)10(13)14-6-3/h4-6H2,1-3H3,(H,11,12). The summed E-state index contributed by atoms with van der Waals surface area (Å²) in [7, 11) is 0. The Hall–Kier alpha value is -1.32. The summed E-state index contributed by atoms with van der Waals surface area (Å²) in [5.41, 5.74) is 0.410. The highest BCUT2D eigenvalue weighted by molar-refractivity contribution is 5.99. The zero-order valence-corrected chi connectivity index (χ0v) is 8.79. The van der Waals surface area contributed by atoms with Crippen molar-refractivity contribution in [3.05, 3.63) is 11.1 Å². The monoisotopic (exact) mass is 200 g/mol. The van der Waals surface area contributed by atoms with Crippen LogP contribution in [-0.4, -0.2) is 23.7 Å². The maximum absolute atomic E-state index is 11.3. The molecule has 0 saturated heterocycles. The van der Waals surface area contributed by atoms with Crippen molar-refractivity contribution < 1.29 is 19.4 Å². The first kappa shape index (κ1) is 12.7. The fourth-order valence-electron chi connectivity index (χ4n) is 1.19. The number of hydrogen-bond donors (Lipinski definition) is 1. The highest BCUT2D eigenvalue weighted by atomic mass is 16.5. The van der Waals surface area contributed by atoms with E-state index < -0.39 is 11.9 Å². The molecular weight excluding hydrogens is 184 g/mol. The van der Waals surface area contributed by atoms with Gasteiger partial charge >= 0.3 is 11.9 Å². The van der Waals surface area contributed by atoms with Gasteiger partial charge in [0.05, 0.1) is 6.61 Å². The van der Waals surface area contributed by atoms with Crippen molar-refractivity contribution in [2.75, 3.05) is 6.61 Å². The minimum absolute atomic E-state index is 0.144. The first-order chi connectivity index (χ1) is 6.58. The Morgan fingerprint density at radius 2 is 1.57 bits per heavy atom. The Morgan fingerprint density at radius 3 is 1.86 bits per heavy atom. The molecule has 0 atom stereocenters. The molecule has 14 heavy (non-hydrogen) atoms. The Balaban J connectivity index is 4.97. The fraction of sp³-hybridized carbons (Fsp3) is 0.600. The molecule has 0 bridgehead atoms. The van der Waals surface area contributed by atoms with Crippen LogP contribution < -0.4 is 0 Å². The van der Waals surface area contributed by atoms with E-state index in [0.29, 0.717) is 12.8 Å². The van der Waals surface area contributed by atoms with Gasteiger partial charge in [-0.1, -0.05) is 13.8 Å². The van der Waals surface area contributed by atoms with E-state index in [0.717, 1.165) is 0 Å². The van der Waals surface area contributed by atoms with Crippen LogP contribution in [0.3, 0.4) is 0 Å². The molecule has 0 aliphatic heterocycles. The van der Waals surface area contributed by atoms with Gasteiger partial charge in [-0.05, 0) is 19.8 Å².